The van der Waals surface area contributed by atoms with Crippen LogP contribution in [0.25, 0.3) is 0 Å². The summed E-state index contributed by atoms with van der Waals surface area (Å²) in [5.74, 6) is 0.00821. The lowest BCUT2D eigenvalue weighted by molar-refractivity contribution is 0.0110. The third kappa shape index (κ3) is 4.74. The van der Waals surface area contributed by atoms with Crippen molar-refractivity contribution in [3.63, 3.8) is 0 Å². The van der Waals surface area contributed by atoms with Crippen molar-refractivity contribution < 1.29 is 14.6 Å². The Balaban J connectivity index is 1.76. The number of carbonyl (C=O) groups excluding carboxylic acids is 1. The first-order chi connectivity index (χ1) is 10.1. The minimum absolute atomic E-state index is 0.00821. The van der Waals surface area contributed by atoms with E-state index in [9.17, 15) is 9.90 Å². The van der Waals surface area contributed by atoms with E-state index in [1.54, 1.807) is 0 Å². The number of piperazine rings is 1. The fraction of sp³-hybridized carbons (Fsp3) is 0.714. The third-order valence-corrected chi connectivity index (χ3v) is 4.25. The first-order valence-electron chi connectivity index (χ1n) is 7.29. The normalized spacial score (nSPS) is 18.0. The second-order valence-corrected chi connectivity index (χ2v) is 6.22. The molecular weight excluding hydrogens is 290 g/mol. The van der Waals surface area contributed by atoms with E-state index in [1.807, 2.05) is 24.1 Å². The van der Waals surface area contributed by atoms with Crippen LogP contribution in [0.1, 0.15) is 22.4 Å². The number of ether oxygens (including phenoxy) is 1. The molecule has 0 spiro atoms. The van der Waals surface area contributed by atoms with Crippen LogP contribution >= 0.6 is 11.3 Å². The lowest BCUT2D eigenvalue weighted by Crippen LogP contribution is -2.50. The molecule has 0 bridgehead atoms. The maximum Gasteiger partial charge on any atom is 0.273 e. The van der Waals surface area contributed by atoms with Gasteiger partial charge in [0.25, 0.3) is 5.91 Å². The molecule has 1 saturated heterocycles. The summed E-state index contributed by atoms with van der Waals surface area (Å²) in [5.41, 5.74) is 0.544. The Kier molecular flexibility index (Phi) is 6.10. The van der Waals surface area contributed by atoms with Gasteiger partial charge in [0.2, 0.25) is 0 Å². The zero-order chi connectivity index (χ0) is 15.2. The van der Waals surface area contributed by atoms with Crippen molar-refractivity contribution in [2.45, 2.75) is 20.0 Å². The van der Waals surface area contributed by atoms with Crippen molar-refractivity contribution in [3.8, 4) is 0 Å². The standard InChI is InChI=1S/C14H23N3O3S/c1-3-20-9-12(18)8-16-4-6-17(7-5-16)14(19)13-10-21-11(2)15-13/h10,12,18H,3-9H2,1-2H3. The Morgan fingerprint density at radius 1 is 1.48 bits per heavy atom. The van der Waals surface area contributed by atoms with Crippen molar-refractivity contribution in [1.29, 1.82) is 0 Å². The molecule has 1 aliphatic heterocycles. The van der Waals surface area contributed by atoms with E-state index in [0.29, 0.717) is 38.5 Å². The second-order valence-electron chi connectivity index (χ2n) is 5.16. The summed E-state index contributed by atoms with van der Waals surface area (Å²) >= 11 is 1.50. The number of aliphatic hydroxyl groups is 1. The molecule has 1 unspecified atom stereocenters. The molecule has 21 heavy (non-hydrogen) atoms. The van der Waals surface area contributed by atoms with Gasteiger partial charge in [0, 0.05) is 44.7 Å². The largest absolute Gasteiger partial charge is 0.389 e. The van der Waals surface area contributed by atoms with E-state index >= 15 is 0 Å². The number of hydrogen-bond acceptors (Lipinski definition) is 6. The van der Waals surface area contributed by atoms with Crippen molar-refractivity contribution in [2.24, 2.45) is 0 Å². The van der Waals surface area contributed by atoms with Crippen LogP contribution in [0.4, 0.5) is 0 Å². The van der Waals surface area contributed by atoms with E-state index in [2.05, 4.69) is 9.88 Å². The number of β-amino-alcohol motifs (C(OH)–C–C–N with tert-alkyl or cyclic N) is 1. The Hall–Kier alpha value is -1.02. The fourth-order valence-electron chi connectivity index (χ4n) is 2.36. The van der Waals surface area contributed by atoms with Crippen LogP contribution in [-0.2, 0) is 4.74 Å². The van der Waals surface area contributed by atoms with Crippen molar-refractivity contribution in [2.75, 3.05) is 45.9 Å². The Bertz CT molecular complexity index is 458. The highest BCUT2D eigenvalue weighted by Crippen LogP contribution is 2.12. The van der Waals surface area contributed by atoms with Crippen LogP contribution in [0.5, 0.6) is 0 Å². The third-order valence-electron chi connectivity index (χ3n) is 3.48. The number of carbonyl (C=O) groups is 1. The molecule has 1 aromatic rings. The van der Waals surface area contributed by atoms with Crippen LogP contribution < -0.4 is 0 Å². The van der Waals surface area contributed by atoms with Crippen LogP contribution in [0.15, 0.2) is 5.38 Å². The SMILES string of the molecule is CCOCC(O)CN1CCN(C(=O)c2csc(C)n2)CC1. The van der Waals surface area contributed by atoms with E-state index in [1.165, 1.54) is 11.3 Å². The Labute approximate surface area is 129 Å². The molecule has 2 heterocycles. The molecule has 118 valence electrons. The number of aryl methyl sites for hydroxylation is 1. The predicted molar refractivity (Wildman–Crippen MR) is 81.7 cm³/mol. The Morgan fingerprint density at radius 2 is 2.19 bits per heavy atom. The average molecular weight is 313 g/mol. The molecule has 7 heteroatoms. The molecule has 0 aliphatic carbocycles. The first kappa shape index (κ1) is 16.4. The van der Waals surface area contributed by atoms with Gasteiger partial charge >= 0.3 is 0 Å². The number of aliphatic hydroxyl groups excluding tert-OH is 1. The van der Waals surface area contributed by atoms with Crippen LogP contribution in [0.3, 0.4) is 0 Å². The van der Waals surface area contributed by atoms with Gasteiger partial charge in [0.05, 0.1) is 17.7 Å². The molecule has 0 aromatic carbocycles. The summed E-state index contributed by atoms with van der Waals surface area (Å²) in [6, 6.07) is 0. The summed E-state index contributed by atoms with van der Waals surface area (Å²) in [4.78, 5) is 20.5. The van der Waals surface area contributed by atoms with Gasteiger partial charge in [-0.3, -0.25) is 9.69 Å². The van der Waals surface area contributed by atoms with Crippen LogP contribution in [0, 0.1) is 6.92 Å². The lowest BCUT2D eigenvalue weighted by Gasteiger charge is -2.35. The monoisotopic (exact) mass is 313 g/mol. The van der Waals surface area contributed by atoms with Crippen LogP contribution in [0.2, 0.25) is 0 Å². The summed E-state index contributed by atoms with van der Waals surface area (Å²) < 4.78 is 5.21. The van der Waals surface area contributed by atoms with Crippen molar-refractivity contribution in [1.82, 2.24) is 14.8 Å². The zero-order valence-corrected chi connectivity index (χ0v) is 13.4. The molecule has 0 radical (unpaired) electrons. The van der Waals surface area contributed by atoms with Crippen molar-refractivity contribution in [3.05, 3.63) is 16.1 Å². The van der Waals surface area contributed by atoms with Crippen LogP contribution in [-0.4, -0.2) is 77.8 Å². The second kappa shape index (κ2) is 7.84. The molecule has 2 rings (SSSR count). The van der Waals surface area contributed by atoms with E-state index in [0.717, 1.165) is 18.1 Å². The highest BCUT2D eigenvalue weighted by molar-refractivity contribution is 7.09. The van der Waals surface area contributed by atoms with Gasteiger partial charge in [0.1, 0.15) is 5.69 Å². The van der Waals surface area contributed by atoms with Crippen molar-refractivity contribution >= 4 is 17.2 Å². The number of aromatic nitrogens is 1. The molecule has 1 aliphatic rings. The summed E-state index contributed by atoms with van der Waals surface area (Å²) in [6.45, 7) is 8.30. The molecule has 1 fully saturated rings. The van der Waals surface area contributed by atoms with Gasteiger partial charge in [0.15, 0.2) is 0 Å². The van der Waals surface area contributed by atoms with E-state index in [-0.39, 0.29) is 5.91 Å². The number of rotatable bonds is 6. The summed E-state index contributed by atoms with van der Waals surface area (Å²) in [6.07, 6.45) is -0.464. The number of amides is 1. The van der Waals surface area contributed by atoms with Gasteiger partial charge in [-0.25, -0.2) is 4.98 Å². The maximum absolute atomic E-state index is 12.3. The van der Waals surface area contributed by atoms with E-state index in [4.69, 9.17) is 4.74 Å². The molecule has 1 aromatic heterocycles. The lowest BCUT2D eigenvalue weighted by atomic mass is 10.2. The van der Waals surface area contributed by atoms with Gasteiger partial charge in [-0.2, -0.15) is 0 Å². The number of hydrogen-bond donors (Lipinski definition) is 1. The minimum atomic E-state index is -0.464. The number of nitrogens with zero attached hydrogens (tertiary/aromatic N) is 3. The highest BCUT2D eigenvalue weighted by Gasteiger charge is 2.24. The van der Waals surface area contributed by atoms with Gasteiger partial charge in [-0.1, -0.05) is 0 Å². The molecular formula is C14H23N3O3S. The number of thiazole rings is 1. The average Bonchev–Trinajstić information content (AvgIpc) is 2.92. The predicted octanol–water partition coefficient (Wildman–Crippen LogP) is 0.607. The summed E-state index contributed by atoms with van der Waals surface area (Å²) in [5, 5.41) is 12.6. The minimum Gasteiger partial charge on any atom is -0.389 e. The first-order valence-corrected chi connectivity index (χ1v) is 8.17. The maximum atomic E-state index is 12.3. The molecule has 1 N–H and O–H groups in total. The quantitative estimate of drug-likeness (QED) is 0.833. The zero-order valence-electron chi connectivity index (χ0n) is 12.6. The van der Waals surface area contributed by atoms with Gasteiger partial charge in [-0.15, -0.1) is 11.3 Å². The van der Waals surface area contributed by atoms with Gasteiger partial charge < -0.3 is 14.7 Å². The highest BCUT2D eigenvalue weighted by atomic mass is 32.1. The molecule has 6 nitrogen and oxygen atoms in total. The molecule has 1 amide bonds. The topological polar surface area (TPSA) is 65.9 Å². The van der Waals surface area contributed by atoms with Gasteiger partial charge in [-0.05, 0) is 13.8 Å². The smallest absolute Gasteiger partial charge is 0.273 e. The van der Waals surface area contributed by atoms with E-state index < -0.39 is 6.10 Å². The molecule has 1 atom stereocenters. The molecule has 0 saturated carbocycles. The fourth-order valence-corrected chi connectivity index (χ4v) is 2.95. The summed E-state index contributed by atoms with van der Waals surface area (Å²) in [7, 11) is 0. The Morgan fingerprint density at radius 3 is 2.76 bits per heavy atom.